The number of ketones is 1. The Hall–Kier alpha value is -1.11. The van der Waals surface area contributed by atoms with E-state index in [2.05, 4.69) is 13.0 Å². The monoisotopic (exact) mass is 296 g/mol. The summed E-state index contributed by atoms with van der Waals surface area (Å²) in [6, 6.07) is 0. The van der Waals surface area contributed by atoms with Crippen LogP contribution in [0.1, 0.15) is 65.2 Å². The molecular weight excluding hydrogens is 268 g/mol. The number of fused-ring (bicyclic) bond motifs is 4. The number of carbonyl (C=O) groups is 1. The lowest BCUT2D eigenvalue weighted by molar-refractivity contribution is -0.117. The van der Waals surface area contributed by atoms with Crippen molar-refractivity contribution in [1.29, 1.82) is 0 Å². The van der Waals surface area contributed by atoms with Crippen molar-refractivity contribution in [3.8, 4) is 0 Å². The molecule has 4 atom stereocenters. The third-order valence-electron chi connectivity index (χ3n) is 7.09. The highest BCUT2D eigenvalue weighted by Gasteiger charge is 2.48. The zero-order chi connectivity index (χ0) is 15.3. The van der Waals surface area contributed by atoms with Crippen molar-refractivity contribution in [3.05, 3.63) is 34.9 Å². The fourth-order valence-corrected chi connectivity index (χ4v) is 5.94. The first-order valence-corrected chi connectivity index (χ1v) is 9.22. The molecule has 0 aromatic carbocycles. The SMILES string of the molecule is C/C=C\C1CC2=C3CC[C@]4(C)CCC[C@H]4[C@@H]3CCC2=CC1=O. The Kier molecular flexibility index (Phi) is 3.43. The lowest BCUT2D eigenvalue weighted by atomic mass is 9.57. The van der Waals surface area contributed by atoms with E-state index in [1.807, 2.05) is 19.1 Å². The maximum absolute atomic E-state index is 12.3. The van der Waals surface area contributed by atoms with Gasteiger partial charge in [0.1, 0.15) is 0 Å². The highest BCUT2D eigenvalue weighted by Crippen LogP contribution is 2.60. The molecule has 1 heteroatoms. The molecule has 0 radical (unpaired) electrons. The second kappa shape index (κ2) is 5.22. The zero-order valence-electron chi connectivity index (χ0n) is 14.0. The van der Waals surface area contributed by atoms with Gasteiger partial charge in [0.25, 0.3) is 0 Å². The number of allylic oxidation sites excluding steroid dienone is 6. The van der Waals surface area contributed by atoms with Crippen molar-refractivity contribution < 1.29 is 4.79 Å². The van der Waals surface area contributed by atoms with Gasteiger partial charge in [-0.15, -0.1) is 0 Å². The van der Waals surface area contributed by atoms with Crippen LogP contribution >= 0.6 is 0 Å². The van der Waals surface area contributed by atoms with Gasteiger partial charge >= 0.3 is 0 Å². The van der Waals surface area contributed by atoms with Crippen molar-refractivity contribution in [1.82, 2.24) is 0 Å². The van der Waals surface area contributed by atoms with Gasteiger partial charge < -0.3 is 0 Å². The molecule has 0 spiro atoms. The summed E-state index contributed by atoms with van der Waals surface area (Å²) in [4.78, 5) is 12.3. The molecule has 4 aliphatic carbocycles. The molecule has 118 valence electrons. The van der Waals surface area contributed by atoms with Crippen LogP contribution in [0.15, 0.2) is 34.9 Å². The fraction of sp³-hybridized carbons (Fsp3) is 0.667. The molecule has 1 nitrogen and oxygen atoms in total. The van der Waals surface area contributed by atoms with Crippen LogP contribution in [-0.2, 0) is 4.79 Å². The fourth-order valence-electron chi connectivity index (χ4n) is 5.94. The van der Waals surface area contributed by atoms with Gasteiger partial charge in [-0.2, -0.15) is 0 Å². The van der Waals surface area contributed by atoms with E-state index in [0.717, 1.165) is 24.7 Å². The van der Waals surface area contributed by atoms with Gasteiger partial charge in [-0.05, 0) is 86.3 Å². The predicted octanol–water partition coefficient (Wildman–Crippen LogP) is 5.38. The number of hydrogen-bond acceptors (Lipinski definition) is 1. The van der Waals surface area contributed by atoms with Crippen LogP contribution in [0.3, 0.4) is 0 Å². The topological polar surface area (TPSA) is 17.1 Å². The highest BCUT2D eigenvalue weighted by molar-refractivity contribution is 5.96. The summed E-state index contributed by atoms with van der Waals surface area (Å²) in [7, 11) is 0. The van der Waals surface area contributed by atoms with E-state index >= 15 is 0 Å². The molecule has 2 fully saturated rings. The van der Waals surface area contributed by atoms with E-state index in [1.54, 1.807) is 11.1 Å². The lowest BCUT2D eigenvalue weighted by Crippen LogP contribution is -2.37. The van der Waals surface area contributed by atoms with Crippen LogP contribution < -0.4 is 0 Å². The molecule has 0 aromatic rings. The number of carbonyl (C=O) groups excluding carboxylic acids is 1. The van der Waals surface area contributed by atoms with E-state index in [9.17, 15) is 4.79 Å². The predicted molar refractivity (Wildman–Crippen MR) is 90.4 cm³/mol. The second-order valence-electron chi connectivity index (χ2n) is 8.21. The number of rotatable bonds is 1. The molecular formula is C21H28O. The van der Waals surface area contributed by atoms with Crippen molar-refractivity contribution in [2.24, 2.45) is 23.2 Å². The van der Waals surface area contributed by atoms with Crippen LogP contribution in [0.4, 0.5) is 0 Å². The van der Waals surface area contributed by atoms with Gasteiger partial charge in [-0.25, -0.2) is 0 Å². The van der Waals surface area contributed by atoms with Gasteiger partial charge in [0.15, 0.2) is 5.78 Å². The summed E-state index contributed by atoms with van der Waals surface area (Å²) in [5.41, 5.74) is 5.35. The van der Waals surface area contributed by atoms with Crippen LogP contribution in [0.2, 0.25) is 0 Å². The first kappa shape index (κ1) is 14.5. The minimum Gasteiger partial charge on any atom is -0.294 e. The molecule has 22 heavy (non-hydrogen) atoms. The maximum atomic E-state index is 12.3. The minimum absolute atomic E-state index is 0.104. The van der Waals surface area contributed by atoms with Crippen LogP contribution in [0, 0.1) is 23.2 Å². The standard InChI is InChI=1S/C21H28O/c1-3-5-15-12-18-14(13-20(15)22)7-8-17-16(18)9-11-21(2)10-4-6-19(17)21/h3,5,13,15,17,19H,4,6-12H2,1-2H3/b5-3-/t15?,17-,19+,21+/m1/s1. The lowest BCUT2D eigenvalue weighted by Gasteiger charge is -2.47. The highest BCUT2D eigenvalue weighted by atomic mass is 16.1. The van der Waals surface area contributed by atoms with Crippen LogP contribution in [0.5, 0.6) is 0 Å². The first-order chi connectivity index (χ1) is 10.6. The summed E-state index contributed by atoms with van der Waals surface area (Å²) in [5.74, 6) is 2.18. The Labute approximate surface area is 134 Å². The molecule has 0 bridgehead atoms. The minimum atomic E-state index is 0.104. The average molecular weight is 296 g/mol. The summed E-state index contributed by atoms with van der Waals surface area (Å²) < 4.78 is 0. The summed E-state index contributed by atoms with van der Waals surface area (Å²) in [6.45, 7) is 4.57. The Morgan fingerprint density at radius 2 is 2.09 bits per heavy atom. The molecule has 0 amide bonds. The van der Waals surface area contributed by atoms with E-state index < -0.39 is 0 Å². The molecule has 4 rings (SSSR count). The van der Waals surface area contributed by atoms with Gasteiger partial charge in [-0.3, -0.25) is 4.79 Å². The van der Waals surface area contributed by atoms with E-state index in [1.165, 1.54) is 44.1 Å². The Bertz CT molecular complexity index is 591. The summed E-state index contributed by atoms with van der Waals surface area (Å²) >= 11 is 0. The van der Waals surface area contributed by atoms with Crippen molar-refractivity contribution in [3.63, 3.8) is 0 Å². The normalized spacial score (nSPS) is 41.3. The average Bonchev–Trinajstić information content (AvgIpc) is 2.90. The Morgan fingerprint density at radius 1 is 1.23 bits per heavy atom. The zero-order valence-corrected chi connectivity index (χ0v) is 14.0. The smallest absolute Gasteiger partial charge is 0.163 e. The summed E-state index contributed by atoms with van der Waals surface area (Å²) in [6.07, 6.45) is 16.5. The van der Waals surface area contributed by atoms with Crippen molar-refractivity contribution in [2.75, 3.05) is 0 Å². The van der Waals surface area contributed by atoms with Crippen molar-refractivity contribution >= 4 is 5.78 Å². The van der Waals surface area contributed by atoms with Gasteiger partial charge in [0.05, 0.1) is 0 Å². The van der Waals surface area contributed by atoms with Gasteiger partial charge in [-0.1, -0.05) is 31.1 Å². The van der Waals surface area contributed by atoms with Crippen LogP contribution in [-0.4, -0.2) is 5.78 Å². The molecule has 0 N–H and O–H groups in total. The quantitative estimate of drug-likeness (QED) is 0.593. The molecule has 4 aliphatic rings. The van der Waals surface area contributed by atoms with Gasteiger partial charge in [0, 0.05) is 5.92 Å². The van der Waals surface area contributed by atoms with E-state index in [-0.39, 0.29) is 5.92 Å². The summed E-state index contributed by atoms with van der Waals surface area (Å²) in [5, 5.41) is 0. The largest absolute Gasteiger partial charge is 0.294 e. The van der Waals surface area contributed by atoms with Gasteiger partial charge in [0.2, 0.25) is 0 Å². The third-order valence-corrected chi connectivity index (χ3v) is 7.09. The number of hydrogen-bond donors (Lipinski definition) is 0. The third kappa shape index (κ3) is 2.08. The molecule has 2 saturated carbocycles. The second-order valence-corrected chi connectivity index (χ2v) is 8.21. The maximum Gasteiger partial charge on any atom is 0.163 e. The Balaban J connectivity index is 1.73. The van der Waals surface area contributed by atoms with Crippen LogP contribution in [0.25, 0.3) is 0 Å². The molecule has 0 aromatic heterocycles. The molecule has 0 aliphatic heterocycles. The Morgan fingerprint density at radius 3 is 2.91 bits per heavy atom. The molecule has 0 heterocycles. The molecule has 1 unspecified atom stereocenters. The van der Waals surface area contributed by atoms with Crippen molar-refractivity contribution in [2.45, 2.75) is 65.2 Å². The first-order valence-electron chi connectivity index (χ1n) is 9.22. The van der Waals surface area contributed by atoms with E-state index in [0.29, 0.717) is 11.2 Å². The molecule has 0 saturated heterocycles. The van der Waals surface area contributed by atoms with E-state index in [4.69, 9.17) is 0 Å².